The maximum atomic E-state index is 12.8. The van der Waals surface area contributed by atoms with Crippen molar-refractivity contribution in [3.63, 3.8) is 0 Å². The number of nitrogens with one attached hydrogen (secondary N) is 2. The highest BCUT2D eigenvalue weighted by Gasteiger charge is 2.50. The smallest absolute Gasteiger partial charge is 0.347 e. The summed E-state index contributed by atoms with van der Waals surface area (Å²) in [6.07, 6.45) is -3.54. The van der Waals surface area contributed by atoms with Gasteiger partial charge in [-0.3, -0.25) is 4.79 Å². The fraction of sp³-hybridized carbons (Fsp3) is 0.900. The minimum atomic E-state index is -4.62. The van der Waals surface area contributed by atoms with Gasteiger partial charge in [0.15, 0.2) is 0 Å². The molecule has 0 bridgehead atoms. The third-order valence-electron chi connectivity index (χ3n) is 3.02. The topological polar surface area (TPSA) is 41.1 Å². The lowest BCUT2D eigenvalue weighted by Gasteiger charge is -2.39. The predicted molar refractivity (Wildman–Crippen MR) is 54.1 cm³/mol. The number of piperidine rings is 1. The van der Waals surface area contributed by atoms with E-state index in [1.807, 2.05) is 5.32 Å². The van der Waals surface area contributed by atoms with Crippen LogP contribution >= 0.6 is 0 Å². The standard InChI is InChI=1S/C10H16F4N2O/c1-9(2)5-15-4-3-6(9)16-8(17)10(13,14)7(11)12/h6-7,15H,3-5H2,1-2H3,(H,16,17). The van der Waals surface area contributed by atoms with Gasteiger partial charge in [0, 0.05) is 12.6 Å². The van der Waals surface area contributed by atoms with Crippen molar-refractivity contribution in [2.75, 3.05) is 13.1 Å². The molecule has 1 atom stereocenters. The summed E-state index contributed by atoms with van der Waals surface area (Å²) in [6.45, 7) is 4.67. The van der Waals surface area contributed by atoms with E-state index in [0.717, 1.165) is 0 Å². The molecule has 1 aliphatic rings. The van der Waals surface area contributed by atoms with Gasteiger partial charge in [0.25, 0.3) is 5.91 Å². The van der Waals surface area contributed by atoms with Gasteiger partial charge < -0.3 is 10.6 Å². The first-order chi connectivity index (χ1) is 7.68. The fourth-order valence-corrected chi connectivity index (χ4v) is 1.79. The molecular weight excluding hydrogens is 240 g/mol. The molecule has 1 saturated heterocycles. The van der Waals surface area contributed by atoms with Crippen molar-refractivity contribution in [3.05, 3.63) is 0 Å². The largest absolute Gasteiger partial charge is 0.383 e. The number of hydrogen-bond donors (Lipinski definition) is 2. The number of rotatable bonds is 3. The van der Waals surface area contributed by atoms with Crippen LogP contribution in [0.25, 0.3) is 0 Å². The van der Waals surface area contributed by atoms with Crippen molar-refractivity contribution in [1.29, 1.82) is 0 Å². The number of amides is 1. The molecule has 0 aromatic carbocycles. The first-order valence-corrected chi connectivity index (χ1v) is 5.35. The Balaban J connectivity index is 2.68. The van der Waals surface area contributed by atoms with Crippen LogP contribution < -0.4 is 10.6 Å². The van der Waals surface area contributed by atoms with E-state index in [2.05, 4.69) is 5.32 Å². The molecule has 1 rings (SSSR count). The number of alkyl halides is 4. The molecule has 100 valence electrons. The van der Waals surface area contributed by atoms with Crippen molar-refractivity contribution in [1.82, 2.24) is 10.6 Å². The summed E-state index contributed by atoms with van der Waals surface area (Å²) in [7, 11) is 0. The first-order valence-electron chi connectivity index (χ1n) is 5.35. The van der Waals surface area contributed by atoms with Gasteiger partial charge in [-0.1, -0.05) is 13.8 Å². The predicted octanol–water partition coefficient (Wildman–Crippen LogP) is 1.39. The van der Waals surface area contributed by atoms with E-state index < -0.39 is 29.7 Å². The van der Waals surface area contributed by atoms with Crippen molar-refractivity contribution in [2.45, 2.75) is 38.7 Å². The van der Waals surface area contributed by atoms with Crippen molar-refractivity contribution < 1.29 is 22.4 Å². The van der Waals surface area contributed by atoms with E-state index in [1.54, 1.807) is 13.8 Å². The van der Waals surface area contributed by atoms with Crippen LogP contribution in [0.2, 0.25) is 0 Å². The quantitative estimate of drug-likeness (QED) is 0.749. The molecule has 1 unspecified atom stereocenters. The Labute approximate surface area is 96.9 Å². The number of hydrogen-bond acceptors (Lipinski definition) is 2. The maximum Gasteiger partial charge on any atom is 0.383 e. The van der Waals surface area contributed by atoms with Crippen LogP contribution in [0.15, 0.2) is 0 Å². The Morgan fingerprint density at radius 1 is 1.47 bits per heavy atom. The lowest BCUT2D eigenvalue weighted by molar-refractivity contribution is -0.171. The molecule has 17 heavy (non-hydrogen) atoms. The molecule has 1 amide bonds. The molecule has 0 aliphatic carbocycles. The SMILES string of the molecule is CC1(C)CNCCC1NC(=O)C(F)(F)C(F)F. The Kier molecular flexibility index (Phi) is 4.01. The van der Waals surface area contributed by atoms with E-state index >= 15 is 0 Å². The van der Waals surface area contributed by atoms with Gasteiger partial charge in [0.05, 0.1) is 0 Å². The Morgan fingerprint density at radius 2 is 2.06 bits per heavy atom. The van der Waals surface area contributed by atoms with Crippen LogP contribution in [0.1, 0.15) is 20.3 Å². The molecule has 1 aliphatic heterocycles. The van der Waals surface area contributed by atoms with Crippen molar-refractivity contribution >= 4 is 5.91 Å². The highest BCUT2D eigenvalue weighted by molar-refractivity contribution is 5.84. The van der Waals surface area contributed by atoms with Gasteiger partial charge in [-0.15, -0.1) is 0 Å². The highest BCUT2D eigenvalue weighted by Crippen LogP contribution is 2.28. The van der Waals surface area contributed by atoms with Gasteiger partial charge in [-0.2, -0.15) is 8.78 Å². The van der Waals surface area contributed by atoms with Crippen LogP contribution in [0, 0.1) is 5.41 Å². The fourth-order valence-electron chi connectivity index (χ4n) is 1.79. The van der Waals surface area contributed by atoms with Gasteiger partial charge in [0.2, 0.25) is 0 Å². The van der Waals surface area contributed by atoms with E-state index in [4.69, 9.17) is 0 Å². The molecule has 2 N–H and O–H groups in total. The second-order valence-electron chi connectivity index (χ2n) is 4.90. The second-order valence-corrected chi connectivity index (χ2v) is 4.90. The Morgan fingerprint density at radius 3 is 2.53 bits per heavy atom. The lowest BCUT2D eigenvalue weighted by Crippen LogP contribution is -2.58. The van der Waals surface area contributed by atoms with Crippen LogP contribution in [0.4, 0.5) is 17.6 Å². The van der Waals surface area contributed by atoms with Gasteiger partial charge >= 0.3 is 12.3 Å². The molecule has 1 heterocycles. The van der Waals surface area contributed by atoms with E-state index in [9.17, 15) is 22.4 Å². The molecule has 1 fully saturated rings. The van der Waals surface area contributed by atoms with E-state index in [0.29, 0.717) is 19.5 Å². The zero-order valence-electron chi connectivity index (χ0n) is 9.70. The van der Waals surface area contributed by atoms with Crippen LogP contribution in [0.3, 0.4) is 0 Å². The Hall–Kier alpha value is -0.850. The first kappa shape index (κ1) is 14.2. The third kappa shape index (κ3) is 3.08. The van der Waals surface area contributed by atoms with Crippen LogP contribution in [0.5, 0.6) is 0 Å². The summed E-state index contributed by atoms with van der Waals surface area (Å²) in [6, 6.07) is -0.527. The highest BCUT2D eigenvalue weighted by atomic mass is 19.3. The molecular formula is C10H16F4N2O. The molecule has 0 aromatic heterocycles. The van der Waals surface area contributed by atoms with Crippen molar-refractivity contribution in [3.8, 4) is 0 Å². The summed E-state index contributed by atoms with van der Waals surface area (Å²) >= 11 is 0. The lowest BCUT2D eigenvalue weighted by atomic mass is 9.80. The number of carbonyl (C=O) groups is 1. The average molecular weight is 256 g/mol. The molecule has 0 aromatic rings. The monoisotopic (exact) mass is 256 g/mol. The molecule has 3 nitrogen and oxygen atoms in total. The number of halogens is 4. The van der Waals surface area contributed by atoms with E-state index in [-0.39, 0.29) is 0 Å². The minimum Gasteiger partial charge on any atom is -0.347 e. The molecule has 0 saturated carbocycles. The molecule has 7 heteroatoms. The summed E-state index contributed by atoms with van der Waals surface area (Å²) in [4.78, 5) is 11.1. The van der Waals surface area contributed by atoms with Crippen molar-refractivity contribution in [2.24, 2.45) is 5.41 Å². The van der Waals surface area contributed by atoms with Gasteiger partial charge in [-0.05, 0) is 18.4 Å². The zero-order valence-corrected chi connectivity index (χ0v) is 9.70. The maximum absolute atomic E-state index is 12.8. The third-order valence-corrected chi connectivity index (χ3v) is 3.02. The minimum absolute atomic E-state index is 0.438. The molecule has 0 radical (unpaired) electrons. The number of carbonyl (C=O) groups excluding carboxylic acids is 1. The summed E-state index contributed by atoms with van der Waals surface area (Å²) in [5.41, 5.74) is -0.438. The van der Waals surface area contributed by atoms with Crippen LogP contribution in [-0.4, -0.2) is 37.4 Å². The van der Waals surface area contributed by atoms with Gasteiger partial charge in [0.1, 0.15) is 0 Å². The zero-order chi connectivity index (χ0) is 13.3. The second kappa shape index (κ2) is 4.80. The van der Waals surface area contributed by atoms with Crippen LogP contribution in [-0.2, 0) is 4.79 Å². The Bertz CT molecular complexity index is 294. The summed E-state index contributed by atoms with van der Waals surface area (Å²) in [5.74, 6) is -6.52. The van der Waals surface area contributed by atoms with E-state index in [1.165, 1.54) is 0 Å². The average Bonchev–Trinajstić information content (AvgIpc) is 2.20. The molecule has 0 spiro atoms. The van der Waals surface area contributed by atoms with Gasteiger partial charge in [-0.25, -0.2) is 8.78 Å². The normalized spacial score (nSPS) is 24.8. The summed E-state index contributed by atoms with van der Waals surface area (Å²) in [5, 5.41) is 5.07. The summed E-state index contributed by atoms with van der Waals surface area (Å²) < 4.78 is 49.5.